The van der Waals surface area contributed by atoms with Gasteiger partial charge >= 0.3 is 6.03 Å². The summed E-state index contributed by atoms with van der Waals surface area (Å²) in [6.07, 6.45) is 2.57. The van der Waals surface area contributed by atoms with Crippen molar-refractivity contribution in [1.82, 2.24) is 4.90 Å². The maximum atomic E-state index is 12.3. The van der Waals surface area contributed by atoms with Crippen LogP contribution in [0.15, 0.2) is 18.2 Å². The zero-order valence-electron chi connectivity index (χ0n) is 13.6. The van der Waals surface area contributed by atoms with E-state index in [1.54, 1.807) is 11.9 Å². The molecule has 1 aliphatic carbocycles. The zero-order valence-corrected chi connectivity index (χ0v) is 13.6. The number of benzene rings is 1. The molecular formula is C17H26N2O3. The molecular weight excluding hydrogens is 280 g/mol. The summed E-state index contributed by atoms with van der Waals surface area (Å²) in [5, 5.41) is 12.8. The number of aryl methyl sites for hydroxylation is 1. The Bertz CT molecular complexity index is 519. The van der Waals surface area contributed by atoms with E-state index >= 15 is 0 Å². The fourth-order valence-corrected chi connectivity index (χ4v) is 2.88. The molecule has 5 nitrogen and oxygen atoms in total. The second kappa shape index (κ2) is 7.49. The van der Waals surface area contributed by atoms with Gasteiger partial charge in [0.15, 0.2) is 0 Å². The van der Waals surface area contributed by atoms with Crippen LogP contribution in [0.25, 0.3) is 0 Å². The van der Waals surface area contributed by atoms with E-state index in [0.717, 1.165) is 24.8 Å². The topological polar surface area (TPSA) is 61.8 Å². The first-order valence-corrected chi connectivity index (χ1v) is 7.95. The van der Waals surface area contributed by atoms with Crippen molar-refractivity contribution in [3.05, 3.63) is 23.8 Å². The van der Waals surface area contributed by atoms with E-state index in [2.05, 4.69) is 5.32 Å². The monoisotopic (exact) mass is 306 g/mol. The Morgan fingerprint density at radius 2 is 2.23 bits per heavy atom. The molecule has 0 bridgehead atoms. The maximum absolute atomic E-state index is 12.3. The van der Waals surface area contributed by atoms with Crippen LogP contribution in [0.2, 0.25) is 0 Å². The van der Waals surface area contributed by atoms with E-state index in [9.17, 15) is 9.90 Å². The average molecular weight is 306 g/mol. The fraction of sp³-hybridized carbons (Fsp3) is 0.588. The van der Waals surface area contributed by atoms with Gasteiger partial charge < -0.3 is 20.1 Å². The maximum Gasteiger partial charge on any atom is 0.321 e. The standard InChI is InChI=1S/C17H26N2O3/c1-4-22-16-10-12(2)8-9-14(16)18-17(21)19(3)11-13-6-5-7-15(13)20/h8-10,13,15,20H,4-7,11H2,1-3H3,(H,18,21). The number of rotatable bonds is 5. The number of carbonyl (C=O) groups is 1. The van der Waals surface area contributed by atoms with Crippen LogP contribution in [0.5, 0.6) is 5.75 Å². The quantitative estimate of drug-likeness (QED) is 0.879. The van der Waals surface area contributed by atoms with Gasteiger partial charge in [0.25, 0.3) is 0 Å². The van der Waals surface area contributed by atoms with Crippen LogP contribution < -0.4 is 10.1 Å². The average Bonchev–Trinajstić information content (AvgIpc) is 2.87. The second-order valence-electron chi connectivity index (χ2n) is 6.00. The Morgan fingerprint density at radius 3 is 2.86 bits per heavy atom. The molecule has 2 amide bonds. The van der Waals surface area contributed by atoms with Crippen LogP contribution in [-0.2, 0) is 0 Å². The Hall–Kier alpha value is -1.75. The molecule has 0 heterocycles. The lowest BCUT2D eigenvalue weighted by molar-refractivity contribution is 0.116. The first kappa shape index (κ1) is 16.6. The van der Waals surface area contributed by atoms with E-state index in [1.807, 2.05) is 32.0 Å². The van der Waals surface area contributed by atoms with Crippen molar-refractivity contribution in [1.29, 1.82) is 0 Å². The summed E-state index contributed by atoms with van der Waals surface area (Å²) in [6.45, 7) is 5.03. The summed E-state index contributed by atoms with van der Waals surface area (Å²) in [6, 6.07) is 5.54. The third-order valence-electron chi connectivity index (χ3n) is 4.15. The minimum absolute atomic E-state index is 0.177. The van der Waals surface area contributed by atoms with Crippen molar-refractivity contribution >= 4 is 11.7 Å². The summed E-state index contributed by atoms with van der Waals surface area (Å²) in [7, 11) is 1.76. The molecule has 2 unspecified atom stereocenters. The number of nitrogens with zero attached hydrogens (tertiary/aromatic N) is 1. The van der Waals surface area contributed by atoms with Crippen molar-refractivity contribution in [2.75, 3.05) is 25.5 Å². The highest BCUT2D eigenvalue weighted by molar-refractivity contribution is 5.90. The SMILES string of the molecule is CCOc1cc(C)ccc1NC(=O)N(C)CC1CCCC1O. The van der Waals surface area contributed by atoms with E-state index in [4.69, 9.17) is 4.74 Å². The zero-order chi connectivity index (χ0) is 16.1. The van der Waals surface area contributed by atoms with Crippen LogP contribution in [0.1, 0.15) is 31.7 Å². The van der Waals surface area contributed by atoms with Gasteiger partial charge in [0, 0.05) is 19.5 Å². The van der Waals surface area contributed by atoms with E-state index in [-0.39, 0.29) is 18.1 Å². The highest BCUT2D eigenvalue weighted by atomic mass is 16.5. The van der Waals surface area contributed by atoms with Crippen molar-refractivity contribution in [2.45, 2.75) is 39.2 Å². The molecule has 122 valence electrons. The fourth-order valence-electron chi connectivity index (χ4n) is 2.88. The molecule has 2 rings (SSSR count). The molecule has 2 atom stereocenters. The van der Waals surface area contributed by atoms with E-state index in [1.165, 1.54) is 0 Å². The normalized spacial score (nSPS) is 20.7. The first-order chi connectivity index (χ1) is 10.5. The number of urea groups is 1. The molecule has 0 spiro atoms. The molecule has 5 heteroatoms. The molecule has 0 saturated heterocycles. The van der Waals surface area contributed by atoms with Crippen molar-refractivity contribution in [3.8, 4) is 5.75 Å². The van der Waals surface area contributed by atoms with Gasteiger partial charge in [-0.3, -0.25) is 0 Å². The third-order valence-corrected chi connectivity index (χ3v) is 4.15. The lowest BCUT2D eigenvalue weighted by atomic mass is 10.1. The molecule has 0 aliphatic heterocycles. The Labute approximate surface area is 132 Å². The van der Waals surface area contributed by atoms with Gasteiger partial charge in [-0.25, -0.2) is 4.79 Å². The number of hydrogen-bond donors (Lipinski definition) is 2. The molecule has 1 aromatic carbocycles. The van der Waals surface area contributed by atoms with Crippen molar-refractivity contribution in [2.24, 2.45) is 5.92 Å². The van der Waals surface area contributed by atoms with Crippen LogP contribution in [0.3, 0.4) is 0 Å². The Morgan fingerprint density at radius 1 is 1.45 bits per heavy atom. The van der Waals surface area contributed by atoms with Crippen LogP contribution in [0.4, 0.5) is 10.5 Å². The molecule has 2 N–H and O–H groups in total. The molecule has 0 radical (unpaired) electrons. The molecule has 1 fully saturated rings. The number of nitrogens with one attached hydrogen (secondary N) is 1. The number of anilines is 1. The van der Waals surface area contributed by atoms with Crippen LogP contribution >= 0.6 is 0 Å². The summed E-state index contributed by atoms with van der Waals surface area (Å²) in [5.41, 5.74) is 1.76. The number of ether oxygens (including phenoxy) is 1. The number of hydrogen-bond acceptors (Lipinski definition) is 3. The Balaban J connectivity index is 1.98. The lowest BCUT2D eigenvalue weighted by Crippen LogP contribution is -2.37. The van der Waals surface area contributed by atoms with Crippen molar-refractivity contribution < 1.29 is 14.6 Å². The van der Waals surface area contributed by atoms with Gasteiger partial charge in [-0.15, -0.1) is 0 Å². The Kier molecular flexibility index (Phi) is 5.66. The number of aliphatic hydroxyl groups is 1. The predicted octanol–water partition coefficient (Wildman–Crippen LogP) is 3.02. The summed E-state index contributed by atoms with van der Waals surface area (Å²) in [4.78, 5) is 14.0. The van der Waals surface area contributed by atoms with Gasteiger partial charge in [0.1, 0.15) is 5.75 Å². The summed E-state index contributed by atoms with van der Waals surface area (Å²) < 4.78 is 5.58. The van der Waals surface area contributed by atoms with Gasteiger partial charge in [-0.2, -0.15) is 0 Å². The highest BCUT2D eigenvalue weighted by Gasteiger charge is 2.27. The number of aliphatic hydroxyl groups excluding tert-OH is 1. The van der Waals surface area contributed by atoms with Crippen molar-refractivity contribution in [3.63, 3.8) is 0 Å². The van der Waals surface area contributed by atoms with Gasteiger partial charge in [0.2, 0.25) is 0 Å². The molecule has 1 saturated carbocycles. The van der Waals surface area contributed by atoms with Crippen LogP contribution in [-0.4, -0.2) is 42.3 Å². The summed E-state index contributed by atoms with van der Waals surface area (Å²) in [5.74, 6) is 0.866. The van der Waals surface area contributed by atoms with Gasteiger partial charge in [0.05, 0.1) is 18.4 Å². The number of amides is 2. The minimum Gasteiger partial charge on any atom is -0.492 e. The van der Waals surface area contributed by atoms with Crippen LogP contribution in [0, 0.1) is 12.8 Å². The molecule has 0 aromatic heterocycles. The largest absolute Gasteiger partial charge is 0.492 e. The lowest BCUT2D eigenvalue weighted by Gasteiger charge is -2.24. The third kappa shape index (κ3) is 4.13. The van der Waals surface area contributed by atoms with E-state index < -0.39 is 0 Å². The smallest absolute Gasteiger partial charge is 0.321 e. The predicted molar refractivity (Wildman–Crippen MR) is 87.3 cm³/mol. The highest BCUT2D eigenvalue weighted by Crippen LogP contribution is 2.28. The molecule has 1 aliphatic rings. The van der Waals surface area contributed by atoms with Gasteiger partial charge in [-0.05, 0) is 44.4 Å². The molecule has 1 aromatic rings. The van der Waals surface area contributed by atoms with E-state index in [0.29, 0.717) is 24.6 Å². The summed E-state index contributed by atoms with van der Waals surface area (Å²) >= 11 is 0. The minimum atomic E-state index is -0.284. The molecule has 22 heavy (non-hydrogen) atoms. The second-order valence-corrected chi connectivity index (χ2v) is 6.00. The van der Waals surface area contributed by atoms with Gasteiger partial charge in [-0.1, -0.05) is 12.5 Å². The number of carbonyl (C=O) groups excluding carboxylic acids is 1. The first-order valence-electron chi connectivity index (χ1n) is 7.95.